The van der Waals surface area contributed by atoms with Gasteiger partial charge in [0, 0.05) is 55.0 Å². The van der Waals surface area contributed by atoms with E-state index >= 15 is 0 Å². The van der Waals surface area contributed by atoms with Gasteiger partial charge in [-0.25, -0.2) is 0 Å². The van der Waals surface area contributed by atoms with Gasteiger partial charge in [0.2, 0.25) is 0 Å². The molecule has 468 valence electrons. The number of anilines is 1. The molecule has 0 spiro atoms. The third kappa shape index (κ3) is 23.8. The number of benzene rings is 9. The van der Waals surface area contributed by atoms with E-state index in [9.17, 15) is 0 Å². The van der Waals surface area contributed by atoms with E-state index in [0.717, 1.165) is 85.9 Å². The number of nitrogen functional groups attached to an aromatic ring is 1. The summed E-state index contributed by atoms with van der Waals surface area (Å²) in [6, 6.07) is 83.9. The van der Waals surface area contributed by atoms with Gasteiger partial charge in [-0.2, -0.15) is 0 Å². The number of hydrogen-bond donors (Lipinski definition) is 1. The predicted molar refractivity (Wildman–Crippen MR) is 405 cm³/mol. The molecule has 0 aliphatic rings. The molecule has 2 aromatic heterocycles. The second-order valence-corrected chi connectivity index (χ2v) is 26.7. The van der Waals surface area contributed by atoms with Crippen LogP contribution in [0, 0.1) is 30.6 Å². The van der Waals surface area contributed by atoms with Crippen LogP contribution in [0.1, 0.15) is 87.5 Å². The number of aryl methyl sites for hydroxylation is 2. The molecule has 2 heterocycles. The zero-order valence-corrected chi connectivity index (χ0v) is 62.2. The van der Waals surface area contributed by atoms with Gasteiger partial charge < -0.3 is 19.6 Å². The molecule has 0 radical (unpaired) electrons. The molecule has 11 rings (SSSR count). The summed E-state index contributed by atoms with van der Waals surface area (Å²) in [6.45, 7) is 7.31. The normalized spacial score (nSPS) is 10.2. The maximum atomic E-state index is 5.96. The number of hydrogen-bond acceptors (Lipinski definition) is 2. The number of nitrogens with two attached hydrogens (primary N) is 1. The molecular formula is C79H71Br6ClCuN3O. The summed E-state index contributed by atoms with van der Waals surface area (Å²) in [7, 11) is 4.20. The standard InChI is InChI=1S/C28H27Br2NO.C28H27Br2N.C16H8Br2.C7H9N.ClH.Cu/c1-2-3-4-5-20-32-26-16-14-25(15-17-26)31-27(21-6-10-23(29)11-7-21)18-19-28(31)22-8-12-24(30)13-9-22;1-2-3-4-5-6-21-7-17-26(18-8-21)31-27(22-9-13-24(29)14-10-22)19-20-28(31)23-11-15-25(30)16-12-23;17-15-9-5-13(6-10-15)3-1-2-4-14-7-11-16(18)12-8-14;1-6-2-4-7(8)5-3-6;;/h6-19H,2-5,20H2,1H3;7-20H,2-6H2,1H3;5-12H;2-5H,8H2,1H3;1H;/q;;;;;+1/p-1. The van der Waals surface area contributed by atoms with Crippen LogP contribution < -0.4 is 10.5 Å². The Morgan fingerprint density at radius 1 is 0.374 bits per heavy atom. The van der Waals surface area contributed by atoms with Gasteiger partial charge in [0.15, 0.2) is 0 Å². The second-order valence-electron chi connectivity index (χ2n) is 21.2. The van der Waals surface area contributed by atoms with Crippen molar-refractivity contribution in [3.05, 3.63) is 292 Å². The molecule has 0 saturated heterocycles. The van der Waals surface area contributed by atoms with E-state index in [-0.39, 0.29) is 0 Å². The number of nitrogens with zero attached hydrogens (tertiary/aromatic N) is 2. The van der Waals surface area contributed by atoms with Crippen LogP contribution >= 0.6 is 106 Å². The van der Waals surface area contributed by atoms with E-state index in [0.29, 0.717) is 0 Å². The molecule has 0 fully saturated rings. The zero-order valence-electron chi connectivity index (χ0n) is 51.0. The van der Waals surface area contributed by atoms with Crippen molar-refractivity contribution in [1.29, 1.82) is 0 Å². The quantitative estimate of drug-likeness (QED) is 0.0427. The molecule has 0 aliphatic carbocycles. The molecule has 11 aromatic rings. The summed E-state index contributed by atoms with van der Waals surface area (Å²) >= 11 is 24.6. The van der Waals surface area contributed by atoms with Gasteiger partial charge in [-0.15, -0.1) is 0 Å². The van der Waals surface area contributed by atoms with E-state index in [1.54, 1.807) is 0 Å². The van der Waals surface area contributed by atoms with Crippen LogP contribution in [0.3, 0.4) is 0 Å². The second kappa shape index (κ2) is 39.5. The predicted octanol–water partition coefficient (Wildman–Crippen LogP) is 25.6. The number of ether oxygens (including phenoxy) is 1. The summed E-state index contributed by atoms with van der Waals surface area (Å²) in [6.07, 6.45) is 11.2. The first-order chi connectivity index (χ1) is 44.3. The van der Waals surface area contributed by atoms with Gasteiger partial charge >= 0.3 is 25.2 Å². The Labute approximate surface area is 602 Å². The minimum atomic E-state index is 0.775. The van der Waals surface area contributed by atoms with E-state index in [4.69, 9.17) is 10.5 Å². The number of rotatable bonds is 17. The molecule has 0 saturated carbocycles. The van der Waals surface area contributed by atoms with E-state index in [1.807, 2.05) is 79.7 Å². The molecular weight excluding hydrogens is 1590 g/mol. The van der Waals surface area contributed by atoms with Crippen LogP contribution in [0.5, 0.6) is 5.75 Å². The van der Waals surface area contributed by atoms with Crippen molar-refractivity contribution in [3.8, 4) is 85.8 Å². The van der Waals surface area contributed by atoms with Crippen molar-refractivity contribution >= 4 is 111 Å². The topological polar surface area (TPSA) is 45.1 Å². The van der Waals surface area contributed by atoms with E-state index < -0.39 is 0 Å². The van der Waals surface area contributed by atoms with Crippen molar-refractivity contribution in [2.45, 2.75) is 78.6 Å². The Balaban J connectivity index is 0.000000185. The average molecular weight is 1660 g/mol. The zero-order chi connectivity index (χ0) is 64.7. The van der Waals surface area contributed by atoms with Crippen molar-refractivity contribution in [3.63, 3.8) is 0 Å². The Morgan fingerprint density at radius 3 is 1.02 bits per heavy atom. The van der Waals surface area contributed by atoms with E-state index in [1.165, 1.54) is 95.4 Å². The van der Waals surface area contributed by atoms with Crippen LogP contribution in [0.25, 0.3) is 56.4 Å². The van der Waals surface area contributed by atoms with Gasteiger partial charge in [-0.05, 0) is 236 Å². The molecule has 0 unspecified atom stereocenters. The molecule has 4 nitrogen and oxygen atoms in total. The first-order valence-electron chi connectivity index (χ1n) is 30.1. The third-order valence-corrected chi connectivity index (χ3v) is 17.6. The molecule has 91 heavy (non-hydrogen) atoms. The van der Waals surface area contributed by atoms with Gasteiger partial charge in [-0.1, -0.05) is 238 Å². The molecule has 0 bridgehead atoms. The molecule has 2 N–H and O–H groups in total. The number of halogens is 7. The Morgan fingerprint density at radius 2 is 0.692 bits per heavy atom. The summed E-state index contributed by atoms with van der Waals surface area (Å²) in [5.41, 5.74) is 22.6. The van der Waals surface area contributed by atoms with Gasteiger partial charge in [-0.3, -0.25) is 0 Å². The van der Waals surface area contributed by atoms with Crippen LogP contribution in [0.2, 0.25) is 0 Å². The number of unbranched alkanes of at least 4 members (excludes halogenated alkanes) is 6. The molecule has 12 heteroatoms. The van der Waals surface area contributed by atoms with Gasteiger partial charge in [0.25, 0.3) is 0 Å². The van der Waals surface area contributed by atoms with Crippen LogP contribution in [-0.2, 0) is 21.5 Å². The van der Waals surface area contributed by atoms with Crippen molar-refractivity contribution < 1.29 is 19.8 Å². The molecule has 0 aliphatic heterocycles. The molecule has 0 atom stereocenters. The SMILES string of the molecule is Brc1ccc(C#CC#Cc2ccc(Br)cc2)cc1.CCCCCCOc1ccc(-n2c(-c3ccc(Br)cc3)ccc2-c2ccc(Br)cc2)cc1.CCCCCCc1ccc(-n2c(-c3ccc(Br)cc3)ccc2-c2ccc(Br)cc2)cc1.Cc1ccc(N)cc1.[Cl][Cu]. The maximum absolute atomic E-state index is 5.96. The molecule has 9 aromatic carbocycles. The Kier molecular flexibility index (Phi) is 31.4. The third-order valence-electron chi connectivity index (χ3n) is 14.4. The summed E-state index contributed by atoms with van der Waals surface area (Å²) in [5, 5.41) is 0. The van der Waals surface area contributed by atoms with Crippen molar-refractivity contribution in [1.82, 2.24) is 9.13 Å². The fourth-order valence-electron chi connectivity index (χ4n) is 9.63. The monoisotopic (exact) mass is 1650 g/mol. The van der Waals surface area contributed by atoms with Crippen LogP contribution in [0.15, 0.2) is 269 Å². The van der Waals surface area contributed by atoms with Gasteiger partial charge in [0.05, 0.1) is 29.4 Å². The summed E-state index contributed by atoms with van der Waals surface area (Å²) < 4.78 is 17.1. The summed E-state index contributed by atoms with van der Waals surface area (Å²) in [4.78, 5) is 0. The Bertz CT molecular complexity index is 3850. The Hall–Kier alpha value is -6.05. The first-order valence-corrected chi connectivity index (χ1v) is 36.2. The number of aromatic nitrogens is 2. The van der Waals surface area contributed by atoms with Gasteiger partial charge in [0.1, 0.15) is 5.75 Å². The minimum absolute atomic E-state index is 0.775. The van der Waals surface area contributed by atoms with E-state index in [2.05, 4.69) is 337 Å². The summed E-state index contributed by atoms with van der Waals surface area (Å²) in [5.74, 6) is 12.6. The average Bonchev–Trinajstić information content (AvgIpc) is 1.69. The fourth-order valence-corrected chi connectivity index (χ4v) is 11.2. The first kappa shape index (κ1) is 72.4. The molecule has 0 amide bonds. The van der Waals surface area contributed by atoms with Crippen molar-refractivity contribution in [2.24, 2.45) is 0 Å². The van der Waals surface area contributed by atoms with Crippen LogP contribution in [0.4, 0.5) is 5.69 Å². The van der Waals surface area contributed by atoms with Crippen molar-refractivity contribution in [2.75, 3.05) is 12.3 Å². The fraction of sp³-hybridized carbons (Fsp3) is 0.165. The van der Waals surface area contributed by atoms with Crippen LogP contribution in [-0.4, -0.2) is 15.7 Å².